The van der Waals surface area contributed by atoms with Gasteiger partial charge < -0.3 is 10.1 Å². The van der Waals surface area contributed by atoms with Gasteiger partial charge in [-0.15, -0.1) is 0 Å². The second-order valence-electron chi connectivity index (χ2n) is 4.08. The van der Waals surface area contributed by atoms with Crippen molar-refractivity contribution in [2.24, 2.45) is 0 Å². The first-order valence-electron chi connectivity index (χ1n) is 5.90. The van der Waals surface area contributed by atoms with Gasteiger partial charge in [0.05, 0.1) is 0 Å². The van der Waals surface area contributed by atoms with Gasteiger partial charge in [-0.2, -0.15) is 0 Å². The summed E-state index contributed by atoms with van der Waals surface area (Å²) in [6, 6.07) is 13.2. The Morgan fingerprint density at radius 3 is 2.45 bits per heavy atom. The van der Waals surface area contributed by atoms with Crippen LogP contribution < -0.4 is 10.1 Å². The molecule has 5 heteroatoms. The number of benzene rings is 2. The predicted octanol–water partition coefficient (Wildman–Crippen LogP) is 3.52. The second-order valence-corrected chi connectivity index (χ2v) is 4.52. The van der Waals surface area contributed by atoms with Crippen molar-refractivity contribution in [1.29, 1.82) is 0 Å². The number of nitrogens with one attached hydrogen (secondary N) is 1. The number of carbonyl (C=O) groups is 2. The van der Waals surface area contributed by atoms with Crippen molar-refractivity contribution in [2.75, 3.05) is 5.32 Å². The van der Waals surface area contributed by atoms with E-state index < -0.39 is 5.97 Å². The largest absolute Gasteiger partial charge is 0.427 e. The van der Waals surface area contributed by atoms with E-state index in [1.165, 1.54) is 6.92 Å². The molecule has 2 aromatic carbocycles. The highest BCUT2D eigenvalue weighted by atomic mass is 35.5. The minimum Gasteiger partial charge on any atom is -0.427 e. The lowest BCUT2D eigenvalue weighted by Gasteiger charge is -2.07. The third-order valence-electron chi connectivity index (χ3n) is 2.46. The zero-order valence-corrected chi connectivity index (χ0v) is 11.5. The fourth-order valence-corrected chi connectivity index (χ4v) is 1.73. The third-order valence-corrected chi connectivity index (χ3v) is 2.71. The molecule has 0 atom stereocenters. The first-order valence-corrected chi connectivity index (χ1v) is 6.28. The smallest absolute Gasteiger partial charge is 0.308 e. The maximum absolute atomic E-state index is 12.0. The summed E-state index contributed by atoms with van der Waals surface area (Å²) in [7, 11) is 0. The van der Waals surface area contributed by atoms with Crippen LogP contribution in [0.5, 0.6) is 5.75 Å². The Hall–Kier alpha value is -2.33. The number of esters is 1. The molecule has 1 amide bonds. The maximum Gasteiger partial charge on any atom is 0.308 e. The number of anilines is 1. The maximum atomic E-state index is 12.0. The average Bonchev–Trinajstić information content (AvgIpc) is 2.39. The Balaban J connectivity index is 2.11. The molecular formula is C15H12ClNO3. The van der Waals surface area contributed by atoms with Crippen molar-refractivity contribution in [2.45, 2.75) is 6.92 Å². The van der Waals surface area contributed by atoms with Gasteiger partial charge in [-0.1, -0.05) is 17.7 Å². The molecule has 2 rings (SSSR count). The van der Waals surface area contributed by atoms with E-state index in [2.05, 4.69) is 5.32 Å². The van der Waals surface area contributed by atoms with Crippen molar-refractivity contribution in [1.82, 2.24) is 0 Å². The molecule has 0 fully saturated rings. The van der Waals surface area contributed by atoms with E-state index in [-0.39, 0.29) is 5.91 Å². The van der Waals surface area contributed by atoms with Crippen molar-refractivity contribution < 1.29 is 14.3 Å². The lowest BCUT2D eigenvalue weighted by atomic mass is 10.2. The molecule has 0 aliphatic heterocycles. The summed E-state index contributed by atoms with van der Waals surface area (Å²) < 4.78 is 4.95. The summed E-state index contributed by atoms with van der Waals surface area (Å²) in [6.07, 6.45) is 0. The van der Waals surface area contributed by atoms with Crippen LogP contribution >= 0.6 is 11.6 Å². The van der Waals surface area contributed by atoms with E-state index in [1.807, 2.05) is 0 Å². The van der Waals surface area contributed by atoms with Crippen LogP contribution in [0.15, 0.2) is 48.5 Å². The minimum atomic E-state index is -0.411. The van der Waals surface area contributed by atoms with Gasteiger partial charge in [0.1, 0.15) is 5.75 Å². The van der Waals surface area contributed by atoms with Gasteiger partial charge in [0.2, 0.25) is 0 Å². The summed E-state index contributed by atoms with van der Waals surface area (Å²) >= 11 is 5.77. The van der Waals surface area contributed by atoms with Gasteiger partial charge in [0, 0.05) is 29.3 Å². The monoisotopic (exact) mass is 289 g/mol. The summed E-state index contributed by atoms with van der Waals surface area (Å²) in [6.45, 7) is 1.32. The van der Waals surface area contributed by atoms with Crippen molar-refractivity contribution in [3.05, 3.63) is 59.1 Å². The van der Waals surface area contributed by atoms with E-state index in [1.54, 1.807) is 48.5 Å². The first-order chi connectivity index (χ1) is 9.54. The number of hydrogen-bond donors (Lipinski definition) is 1. The van der Waals surface area contributed by atoms with E-state index in [0.717, 1.165) is 0 Å². The minimum absolute atomic E-state index is 0.262. The van der Waals surface area contributed by atoms with Crippen LogP contribution in [-0.4, -0.2) is 11.9 Å². The normalized spacial score (nSPS) is 9.90. The molecular weight excluding hydrogens is 278 g/mol. The third kappa shape index (κ3) is 3.83. The quantitative estimate of drug-likeness (QED) is 0.695. The number of carbonyl (C=O) groups excluding carboxylic acids is 2. The molecule has 0 bridgehead atoms. The summed E-state index contributed by atoms with van der Waals surface area (Å²) in [4.78, 5) is 22.9. The summed E-state index contributed by atoms with van der Waals surface area (Å²) in [5, 5.41) is 3.29. The first kappa shape index (κ1) is 14.1. The number of rotatable bonds is 3. The highest BCUT2D eigenvalue weighted by Crippen LogP contribution is 2.18. The molecule has 4 nitrogen and oxygen atoms in total. The molecule has 0 unspecified atom stereocenters. The van der Waals surface area contributed by atoms with Crippen LogP contribution in [0.3, 0.4) is 0 Å². The Bertz CT molecular complexity index is 638. The molecule has 102 valence electrons. The lowest BCUT2D eigenvalue weighted by molar-refractivity contribution is -0.131. The average molecular weight is 290 g/mol. The molecule has 1 N–H and O–H groups in total. The Morgan fingerprint density at radius 2 is 1.80 bits per heavy atom. The van der Waals surface area contributed by atoms with Crippen LogP contribution in [0.2, 0.25) is 5.02 Å². The Labute approximate surface area is 121 Å². The van der Waals surface area contributed by atoms with Gasteiger partial charge in [-0.3, -0.25) is 9.59 Å². The summed E-state index contributed by atoms with van der Waals surface area (Å²) in [5.41, 5.74) is 1.04. The second kappa shape index (κ2) is 6.21. The number of amides is 1. The fourth-order valence-electron chi connectivity index (χ4n) is 1.61. The SMILES string of the molecule is CC(=O)Oc1cccc(NC(=O)c2ccc(Cl)cc2)c1. The number of ether oxygens (including phenoxy) is 1. The fraction of sp³-hybridized carbons (Fsp3) is 0.0667. The topological polar surface area (TPSA) is 55.4 Å². The molecule has 0 aromatic heterocycles. The van der Waals surface area contributed by atoms with Gasteiger partial charge >= 0.3 is 5.97 Å². The molecule has 0 spiro atoms. The van der Waals surface area contributed by atoms with E-state index in [9.17, 15) is 9.59 Å². The molecule has 0 saturated carbocycles. The van der Waals surface area contributed by atoms with Crippen LogP contribution in [0.25, 0.3) is 0 Å². The molecule has 0 aliphatic rings. The molecule has 20 heavy (non-hydrogen) atoms. The predicted molar refractivity (Wildman–Crippen MR) is 77.2 cm³/mol. The zero-order chi connectivity index (χ0) is 14.5. The summed E-state index contributed by atoms with van der Waals surface area (Å²) in [5.74, 6) is -0.292. The molecule has 0 saturated heterocycles. The van der Waals surface area contributed by atoms with Crippen LogP contribution in [0, 0.1) is 0 Å². The van der Waals surface area contributed by atoms with Crippen molar-refractivity contribution in [3.8, 4) is 5.75 Å². The van der Waals surface area contributed by atoms with Gasteiger partial charge in [0.25, 0.3) is 5.91 Å². The molecule has 0 aliphatic carbocycles. The van der Waals surface area contributed by atoms with Crippen molar-refractivity contribution in [3.63, 3.8) is 0 Å². The highest BCUT2D eigenvalue weighted by Gasteiger charge is 2.07. The van der Waals surface area contributed by atoms with Crippen LogP contribution in [-0.2, 0) is 4.79 Å². The molecule has 2 aromatic rings. The Kier molecular flexibility index (Phi) is 4.38. The van der Waals surface area contributed by atoms with E-state index >= 15 is 0 Å². The zero-order valence-electron chi connectivity index (χ0n) is 10.7. The van der Waals surface area contributed by atoms with Gasteiger partial charge in [-0.05, 0) is 36.4 Å². The van der Waals surface area contributed by atoms with E-state index in [4.69, 9.17) is 16.3 Å². The Morgan fingerprint density at radius 1 is 1.10 bits per heavy atom. The van der Waals surface area contributed by atoms with Crippen LogP contribution in [0.1, 0.15) is 17.3 Å². The van der Waals surface area contributed by atoms with Gasteiger partial charge in [0.15, 0.2) is 0 Å². The molecule has 0 radical (unpaired) electrons. The standard InChI is InChI=1S/C15H12ClNO3/c1-10(18)20-14-4-2-3-13(9-14)17-15(19)11-5-7-12(16)8-6-11/h2-9H,1H3,(H,17,19). The molecule has 0 heterocycles. The number of halogens is 1. The highest BCUT2D eigenvalue weighted by molar-refractivity contribution is 6.30. The van der Waals surface area contributed by atoms with Crippen LogP contribution in [0.4, 0.5) is 5.69 Å². The van der Waals surface area contributed by atoms with E-state index in [0.29, 0.717) is 22.0 Å². The number of hydrogen-bond acceptors (Lipinski definition) is 3. The van der Waals surface area contributed by atoms with Gasteiger partial charge in [-0.25, -0.2) is 0 Å². The lowest BCUT2D eigenvalue weighted by Crippen LogP contribution is -2.11. The van der Waals surface area contributed by atoms with Crippen molar-refractivity contribution >= 4 is 29.2 Å².